The van der Waals surface area contributed by atoms with E-state index in [1.54, 1.807) is 0 Å². The van der Waals surface area contributed by atoms with Gasteiger partial charge in [-0.1, -0.05) is 30.3 Å². The smallest absolute Gasteiger partial charge is 0.0598 e. The molecule has 0 atom stereocenters. The van der Waals surface area contributed by atoms with Crippen molar-refractivity contribution in [2.45, 2.75) is 45.6 Å². The van der Waals surface area contributed by atoms with Gasteiger partial charge in [0.05, 0.1) is 5.60 Å². The predicted octanol–water partition coefficient (Wildman–Crippen LogP) is 3.82. The molecule has 0 aliphatic rings. The van der Waals surface area contributed by atoms with Crippen molar-refractivity contribution in [3.8, 4) is 0 Å². The molecule has 0 fully saturated rings. The summed E-state index contributed by atoms with van der Waals surface area (Å²) in [6.45, 7) is 7.18. The Morgan fingerprint density at radius 2 is 1.67 bits per heavy atom. The molecule has 15 heavy (non-hydrogen) atoms. The third kappa shape index (κ3) is 6.29. The average molecular weight is 206 g/mol. The lowest BCUT2D eigenvalue weighted by Crippen LogP contribution is -2.19. The van der Waals surface area contributed by atoms with E-state index in [1.165, 1.54) is 12.0 Å². The first kappa shape index (κ1) is 12.3. The lowest BCUT2D eigenvalue weighted by atomic mass is 10.1. The van der Waals surface area contributed by atoms with Crippen LogP contribution in [0.5, 0.6) is 0 Å². The number of rotatable bonds is 5. The van der Waals surface area contributed by atoms with Crippen LogP contribution in [0.3, 0.4) is 0 Å². The van der Waals surface area contributed by atoms with Crippen molar-refractivity contribution in [1.29, 1.82) is 0 Å². The zero-order valence-electron chi connectivity index (χ0n) is 10.1. The first-order valence-electron chi connectivity index (χ1n) is 5.76. The van der Waals surface area contributed by atoms with Gasteiger partial charge < -0.3 is 4.74 Å². The summed E-state index contributed by atoms with van der Waals surface area (Å²) in [5.41, 5.74) is 1.43. The fraction of sp³-hybridized carbons (Fsp3) is 0.571. The standard InChI is InChI=1S/C14H22O/c1-14(2,3)15-12-8-7-11-13-9-5-4-6-10-13/h4-6,9-10H,7-8,11-12H2,1-3H3. The van der Waals surface area contributed by atoms with Gasteiger partial charge in [-0.2, -0.15) is 0 Å². The fourth-order valence-corrected chi connectivity index (χ4v) is 1.45. The second-order valence-corrected chi connectivity index (χ2v) is 4.90. The highest BCUT2D eigenvalue weighted by Crippen LogP contribution is 2.09. The molecule has 0 N–H and O–H groups in total. The summed E-state index contributed by atoms with van der Waals surface area (Å²) in [7, 11) is 0. The van der Waals surface area contributed by atoms with Crippen LogP contribution in [0.4, 0.5) is 0 Å². The van der Waals surface area contributed by atoms with E-state index in [1.807, 2.05) is 0 Å². The van der Waals surface area contributed by atoms with Gasteiger partial charge in [-0.05, 0) is 45.6 Å². The predicted molar refractivity (Wildman–Crippen MR) is 65.1 cm³/mol. The number of ether oxygens (including phenoxy) is 1. The van der Waals surface area contributed by atoms with Gasteiger partial charge in [-0.25, -0.2) is 0 Å². The molecule has 1 heteroatoms. The van der Waals surface area contributed by atoms with Gasteiger partial charge in [0.15, 0.2) is 0 Å². The van der Waals surface area contributed by atoms with E-state index in [0.29, 0.717) is 0 Å². The Balaban J connectivity index is 2.08. The second kappa shape index (κ2) is 5.92. The van der Waals surface area contributed by atoms with Crippen molar-refractivity contribution >= 4 is 0 Å². The first-order chi connectivity index (χ1) is 7.08. The topological polar surface area (TPSA) is 9.23 Å². The van der Waals surface area contributed by atoms with E-state index in [9.17, 15) is 0 Å². The van der Waals surface area contributed by atoms with Crippen LogP contribution in [0.15, 0.2) is 30.3 Å². The molecule has 0 aliphatic heterocycles. The Kier molecular flexibility index (Phi) is 4.83. The molecule has 0 radical (unpaired) electrons. The lowest BCUT2D eigenvalue weighted by Gasteiger charge is -2.19. The van der Waals surface area contributed by atoms with E-state index in [2.05, 4.69) is 51.1 Å². The minimum Gasteiger partial charge on any atom is -0.376 e. The van der Waals surface area contributed by atoms with Crippen molar-refractivity contribution in [3.05, 3.63) is 35.9 Å². The normalized spacial score (nSPS) is 11.7. The molecule has 0 aromatic heterocycles. The van der Waals surface area contributed by atoms with Crippen molar-refractivity contribution in [2.24, 2.45) is 0 Å². The maximum absolute atomic E-state index is 5.67. The molecule has 0 heterocycles. The van der Waals surface area contributed by atoms with Crippen molar-refractivity contribution < 1.29 is 4.74 Å². The third-order valence-electron chi connectivity index (χ3n) is 2.24. The highest BCUT2D eigenvalue weighted by Gasteiger charge is 2.08. The number of benzene rings is 1. The highest BCUT2D eigenvalue weighted by atomic mass is 16.5. The molecule has 1 rings (SSSR count). The molecule has 84 valence electrons. The SMILES string of the molecule is CC(C)(C)OCCCCc1ccccc1. The van der Waals surface area contributed by atoms with E-state index in [0.717, 1.165) is 19.4 Å². The van der Waals surface area contributed by atoms with E-state index in [4.69, 9.17) is 4.74 Å². The molecule has 0 saturated heterocycles. The summed E-state index contributed by atoms with van der Waals surface area (Å²) in [5, 5.41) is 0. The van der Waals surface area contributed by atoms with Crippen molar-refractivity contribution in [2.75, 3.05) is 6.61 Å². The second-order valence-electron chi connectivity index (χ2n) is 4.90. The zero-order valence-corrected chi connectivity index (χ0v) is 10.1. The summed E-state index contributed by atoms with van der Waals surface area (Å²) >= 11 is 0. The van der Waals surface area contributed by atoms with Crippen LogP contribution >= 0.6 is 0 Å². The van der Waals surface area contributed by atoms with Gasteiger partial charge in [0, 0.05) is 6.61 Å². The summed E-state index contributed by atoms with van der Waals surface area (Å²) in [6.07, 6.45) is 3.51. The number of unbranched alkanes of at least 4 members (excludes halogenated alkanes) is 1. The van der Waals surface area contributed by atoms with Crippen LogP contribution in [0.25, 0.3) is 0 Å². The minimum atomic E-state index is 0.00669. The molecule has 0 aliphatic carbocycles. The number of hydrogen-bond donors (Lipinski definition) is 0. The highest BCUT2D eigenvalue weighted by molar-refractivity contribution is 5.14. The molecule has 1 nitrogen and oxygen atoms in total. The third-order valence-corrected chi connectivity index (χ3v) is 2.24. The van der Waals surface area contributed by atoms with Crippen LogP contribution in [0.1, 0.15) is 39.2 Å². The zero-order chi connectivity index (χ0) is 11.1. The Labute approximate surface area is 93.5 Å². The lowest BCUT2D eigenvalue weighted by molar-refractivity contribution is -0.00452. The Morgan fingerprint density at radius 3 is 2.27 bits per heavy atom. The van der Waals surface area contributed by atoms with Crippen LogP contribution < -0.4 is 0 Å². The Morgan fingerprint density at radius 1 is 1.00 bits per heavy atom. The number of aryl methyl sites for hydroxylation is 1. The molecule has 0 bridgehead atoms. The molecule has 0 saturated carbocycles. The van der Waals surface area contributed by atoms with Gasteiger partial charge >= 0.3 is 0 Å². The molecule has 1 aromatic carbocycles. The van der Waals surface area contributed by atoms with Crippen LogP contribution in [-0.4, -0.2) is 12.2 Å². The van der Waals surface area contributed by atoms with Crippen molar-refractivity contribution in [1.82, 2.24) is 0 Å². The molecule has 0 amide bonds. The van der Waals surface area contributed by atoms with Gasteiger partial charge in [0.25, 0.3) is 0 Å². The number of hydrogen-bond acceptors (Lipinski definition) is 1. The van der Waals surface area contributed by atoms with Crippen molar-refractivity contribution in [3.63, 3.8) is 0 Å². The molecule has 1 aromatic rings. The Bertz CT molecular complexity index is 258. The monoisotopic (exact) mass is 206 g/mol. The summed E-state index contributed by atoms with van der Waals surface area (Å²) in [6, 6.07) is 10.6. The molecular formula is C14H22O. The minimum absolute atomic E-state index is 0.00669. The van der Waals surface area contributed by atoms with Gasteiger partial charge in [0.1, 0.15) is 0 Å². The van der Waals surface area contributed by atoms with E-state index in [-0.39, 0.29) is 5.60 Å². The van der Waals surface area contributed by atoms with Crippen LogP contribution in [-0.2, 0) is 11.2 Å². The quantitative estimate of drug-likeness (QED) is 0.665. The van der Waals surface area contributed by atoms with Crippen LogP contribution in [0, 0.1) is 0 Å². The average Bonchev–Trinajstić information content (AvgIpc) is 2.17. The van der Waals surface area contributed by atoms with Crippen LogP contribution in [0.2, 0.25) is 0 Å². The van der Waals surface area contributed by atoms with Gasteiger partial charge in [-0.15, -0.1) is 0 Å². The maximum Gasteiger partial charge on any atom is 0.0598 e. The summed E-state index contributed by atoms with van der Waals surface area (Å²) in [5.74, 6) is 0. The van der Waals surface area contributed by atoms with Gasteiger partial charge in [-0.3, -0.25) is 0 Å². The van der Waals surface area contributed by atoms with E-state index >= 15 is 0 Å². The van der Waals surface area contributed by atoms with Gasteiger partial charge in [0.2, 0.25) is 0 Å². The molecular weight excluding hydrogens is 184 g/mol. The molecule has 0 spiro atoms. The largest absolute Gasteiger partial charge is 0.376 e. The fourth-order valence-electron chi connectivity index (χ4n) is 1.45. The summed E-state index contributed by atoms with van der Waals surface area (Å²) < 4.78 is 5.67. The molecule has 0 unspecified atom stereocenters. The summed E-state index contributed by atoms with van der Waals surface area (Å²) in [4.78, 5) is 0. The Hall–Kier alpha value is -0.820. The van der Waals surface area contributed by atoms with E-state index < -0.39 is 0 Å². The maximum atomic E-state index is 5.67. The first-order valence-corrected chi connectivity index (χ1v) is 5.76.